The molecule has 2 aromatic rings. The Balaban J connectivity index is 1.94. The van der Waals surface area contributed by atoms with Crippen LogP contribution in [0.3, 0.4) is 0 Å². The van der Waals surface area contributed by atoms with Gasteiger partial charge in [0.05, 0.1) is 5.69 Å². The number of anilines is 2. The molecule has 0 aromatic heterocycles. The topological polar surface area (TPSA) is 69.6 Å². The first-order chi connectivity index (χ1) is 11.4. The minimum Gasteiger partial charge on any atom is -0.508 e. The summed E-state index contributed by atoms with van der Waals surface area (Å²) in [7, 11) is 0. The smallest absolute Gasteiger partial charge is 0.283 e. The van der Waals surface area contributed by atoms with Gasteiger partial charge in [-0.2, -0.15) is 0 Å². The van der Waals surface area contributed by atoms with Crippen LogP contribution in [0.25, 0.3) is 0 Å². The fraction of sp³-hybridized carbons (Fsp3) is 0.0588. The van der Waals surface area contributed by atoms with Gasteiger partial charge in [-0.05, 0) is 36.8 Å². The molecule has 1 aliphatic heterocycles. The van der Waals surface area contributed by atoms with Crippen LogP contribution < -0.4 is 10.2 Å². The fourth-order valence-corrected chi connectivity index (χ4v) is 2.68. The van der Waals surface area contributed by atoms with Gasteiger partial charge in [-0.15, -0.1) is 0 Å². The molecule has 0 atom stereocenters. The number of rotatable bonds is 3. The van der Waals surface area contributed by atoms with Crippen molar-refractivity contribution in [3.8, 4) is 5.75 Å². The fourth-order valence-electron chi connectivity index (χ4n) is 2.29. The molecule has 0 bridgehead atoms. The number of halogens is 2. The van der Waals surface area contributed by atoms with Crippen molar-refractivity contribution >= 4 is 46.4 Å². The number of amides is 2. The molecule has 2 aromatic carbocycles. The summed E-state index contributed by atoms with van der Waals surface area (Å²) >= 11 is 12.1. The van der Waals surface area contributed by atoms with Gasteiger partial charge in [0, 0.05) is 16.8 Å². The van der Waals surface area contributed by atoms with Gasteiger partial charge in [0.15, 0.2) is 0 Å². The Morgan fingerprint density at radius 3 is 2.46 bits per heavy atom. The Morgan fingerprint density at radius 1 is 1.04 bits per heavy atom. The Hall–Kier alpha value is -2.50. The lowest BCUT2D eigenvalue weighted by atomic mass is 10.2. The Morgan fingerprint density at radius 2 is 1.79 bits per heavy atom. The number of benzene rings is 2. The summed E-state index contributed by atoms with van der Waals surface area (Å²) in [6.07, 6.45) is 0. The first kappa shape index (κ1) is 16.4. The highest BCUT2D eigenvalue weighted by Crippen LogP contribution is 2.32. The van der Waals surface area contributed by atoms with Crippen LogP contribution in [0.1, 0.15) is 5.56 Å². The van der Waals surface area contributed by atoms with Crippen molar-refractivity contribution in [2.75, 3.05) is 10.2 Å². The standard InChI is InChI=1S/C17H12Cl2N2O3/c1-9-5-6-11(8-13(9)18)21-16(23)14(19)15(17(21)24)20-10-3-2-4-12(22)7-10/h2-8,20,22H,1H3. The van der Waals surface area contributed by atoms with E-state index in [4.69, 9.17) is 23.2 Å². The molecule has 0 aliphatic carbocycles. The summed E-state index contributed by atoms with van der Waals surface area (Å²) in [5.41, 5.74) is 1.56. The second-order valence-corrected chi connectivity index (χ2v) is 6.03. The molecule has 0 unspecified atom stereocenters. The van der Waals surface area contributed by atoms with E-state index in [1.165, 1.54) is 18.2 Å². The summed E-state index contributed by atoms with van der Waals surface area (Å²) in [4.78, 5) is 25.9. The predicted octanol–water partition coefficient (Wildman–Crippen LogP) is 3.79. The first-order valence-electron chi connectivity index (χ1n) is 6.99. The molecule has 0 saturated carbocycles. The first-order valence-corrected chi connectivity index (χ1v) is 7.75. The van der Waals surface area contributed by atoms with Gasteiger partial charge in [-0.25, -0.2) is 4.90 Å². The van der Waals surface area contributed by atoms with E-state index < -0.39 is 11.8 Å². The lowest BCUT2D eigenvalue weighted by Crippen LogP contribution is -2.32. The predicted molar refractivity (Wildman–Crippen MR) is 93.3 cm³/mol. The number of carbonyl (C=O) groups is 2. The number of imide groups is 1. The summed E-state index contributed by atoms with van der Waals surface area (Å²) in [5.74, 6) is -1.20. The highest BCUT2D eigenvalue weighted by atomic mass is 35.5. The summed E-state index contributed by atoms with van der Waals surface area (Å²) in [5, 5.41) is 12.5. The highest BCUT2D eigenvalue weighted by molar-refractivity contribution is 6.53. The summed E-state index contributed by atoms with van der Waals surface area (Å²) in [6.45, 7) is 1.82. The third-order valence-corrected chi connectivity index (χ3v) is 4.31. The van der Waals surface area contributed by atoms with Crippen LogP contribution in [0, 0.1) is 6.92 Å². The molecule has 7 heteroatoms. The number of aromatic hydroxyl groups is 1. The van der Waals surface area contributed by atoms with Crippen molar-refractivity contribution in [3.63, 3.8) is 0 Å². The minimum atomic E-state index is -0.635. The van der Waals surface area contributed by atoms with E-state index in [0.29, 0.717) is 16.4 Å². The lowest BCUT2D eigenvalue weighted by Gasteiger charge is -2.16. The Labute approximate surface area is 148 Å². The second kappa shape index (κ2) is 6.19. The maximum Gasteiger partial charge on any atom is 0.283 e. The van der Waals surface area contributed by atoms with E-state index in [1.807, 2.05) is 6.92 Å². The number of aryl methyl sites for hydroxylation is 1. The number of nitrogens with zero attached hydrogens (tertiary/aromatic N) is 1. The van der Waals surface area contributed by atoms with E-state index in [2.05, 4.69) is 5.32 Å². The van der Waals surface area contributed by atoms with Gasteiger partial charge in [-0.1, -0.05) is 35.3 Å². The zero-order valence-corrected chi connectivity index (χ0v) is 14.0. The van der Waals surface area contributed by atoms with Gasteiger partial charge in [0.1, 0.15) is 16.5 Å². The van der Waals surface area contributed by atoms with Gasteiger partial charge in [0.2, 0.25) is 0 Å². The number of carbonyl (C=O) groups excluding carboxylic acids is 2. The van der Waals surface area contributed by atoms with E-state index >= 15 is 0 Å². The van der Waals surface area contributed by atoms with Crippen molar-refractivity contribution in [3.05, 3.63) is 63.8 Å². The average molecular weight is 363 g/mol. The molecule has 0 saturated heterocycles. The molecule has 122 valence electrons. The van der Waals surface area contributed by atoms with Crippen molar-refractivity contribution in [1.29, 1.82) is 0 Å². The third-order valence-electron chi connectivity index (χ3n) is 3.56. The maximum atomic E-state index is 12.6. The van der Waals surface area contributed by atoms with E-state index in [1.54, 1.807) is 24.3 Å². The molecule has 3 rings (SSSR count). The Bertz CT molecular complexity index is 893. The molecular formula is C17H12Cl2N2O3. The minimum absolute atomic E-state index is 0.0238. The number of phenols is 1. The van der Waals surface area contributed by atoms with Gasteiger partial charge < -0.3 is 10.4 Å². The van der Waals surface area contributed by atoms with Gasteiger partial charge in [-0.3, -0.25) is 9.59 Å². The SMILES string of the molecule is Cc1ccc(N2C(=O)C(Cl)=C(Nc3cccc(O)c3)C2=O)cc1Cl. The monoisotopic (exact) mass is 362 g/mol. The zero-order valence-electron chi connectivity index (χ0n) is 12.5. The van der Waals surface area contributed by atoms with Crippen molar-refractivity contribution in [2.24, 2.45) is 0 Å². The Kier molecular flexibility index (Phi) is 4.22. The molecular weight excluding hydrogens is 351 g/mol. The number of nitrogens with one attached hydrogen (secondary N) is 1. The molecule has 2 N–H and O–H groups in total. The maximum absolute atomic E-state index is 12.6. The summed E-state index contributed by atoms with van der Waals surface area (Å²) < 4.78 is 0. The van der Waals surface area contributed by atoms with Gasteiger partial charge in [0.25, 0.3) is 11.8 Å². The van der Waals surface area contributed by atoms with E-state index in [9.17, 15) is 14.7 Å². The van der Waals surface area contributed by atoms with E-state index in [0.717, 1.165) is 10.5 Å². The third kappa shape index (κ3) is 2.84. The van der Waals surface area contributed by atoms with Crippen LogP contribution in [0.2, 0.25) is 5.02 Å². The largest absolute Gasteiger partial charge is 0.508 e. The van der Waals surface area contributed by atoms with Crippen LogP contribution in [0.5, 0.6) is 5.75 Å². The molecule has 1 heterocycles. The molecule has 0 fully saturated rings. The number of hydrogen-bond acceptors (Lipinski definition) is 4. The highest BCUT2D eigenvalue weighted by Gasteiger charge is 2.39. The molecule has 0 radical (unpaired) electrons. The van der Waals surface area contributed by atoms with Crippen LogP contribution >= 0.6 is 23.2 Å². The van der Waals surface area contributed by atoms with Crippen LogP contribution in [-0.2, 0) is 9.59 Å². The second-order valence-electron chi connectivity index (χ2n) is 5.24. The quantitative estimate of drug-likeness (QED) is 0.815. The average Bonchev–Trinajstić information content (AvgIpc) is 2.74. The number of phenolic OH excluding ortho intramolecular Hbond substituents is 1. The van der Waals surface area contributed by atoms with Crippen LogP contribution in [0.15, 0.2) is 53.2 Å². The summed E-state index contributed by atoms with van der Waals surface area (Å²) in [6, 6.07) is 11.0. The number of hydrogen-bond donors (Lipinski definition) is 2. The molecule has 5 nitrogen and oxygen atoms in total. The van der Waals surface area contributed by atoms with Crippen molar-refractivity contribution in [2.45, 2.75) is 6.92 Å². The van der Waals surface area contributed by atoms with E-state index in [-0.39, 0.29) is 16.5 Å². The van der Waals surface area contributed by atoms with Crippen LogP contribution in [0.4, 0.5) is 11.4 Å². The lowest BCUT2D eigenvalue weighted by molar-refractivity contribution is -0.120. The normalized spacial score (nSPS) is 14.5. The van der Waals surface area contributed by atoms with Crippen LogP contribution in [-0.4, -0.2) is 16.9 Å². The van der Waals surface area contributed by atoms with Crippen molar-refractivity contribution in [1.82, 2.24) is 0 Å². The molecule has 1 aliphatic rings. The molecule has 2 amide bonds. The van der Waals surface area contributed by atoms with Crippen molar-refractivity contribution < 1.29 is 14.7 Å². The molecule has 24 heavy (non-hydrogen) atoms. The molecule has 0 spiro atoms. The zero-order chi connectivity index (χ0) is 17.4. The van der Waals surface area contributed by atoms with Gasteiger partial charge >= 0.3 is 0 Å².